The molecule has 0 aliphatic carbocycles. The van der Waals surface area contributed by atoms with E-state index in [9.17, 15) is 0 Å². The van der Waals surface area contributed by atoms with Gasteiger partial charge in [0.1, 0.15) is 11.5 Å². The van der Waals surface area contributed by atoms with Crippen LogP contribution in [-0.4, -0.2) is 39.3 Å². The zero-order chi connectivity index (χ0) is 15.3. The Hall–Kier alpha value is -1.44. The molecule has 0 spiro atoms. The predicted octanol–water partition coefficient (Wildman–Crippen LogP) is 2.82. The lowest BCUT2D eigenvalue weighted by molar-refractivity contribution is 0.312. The number of rotatable bonds is 9. The van der Waals surface area contributed by atoms with Crippen LogP contribution in [0.15, 0.2) is 41.9 Å². The second-order valence-corrected chi connectivity index (χ2v) is 4.31. The van der Waals surface area contributed by atoms with Crippen molar-refractivity contribution in [3.8, 4) is 11.5 Å². The zero-order valence-corrected chi connectivity index (χ0v) is 15.6. The molecule has 0 heterocycles. The molecule has 0 amide bonds. The van der Waals surface area contributed by atoms with Crippen molar-refractivity contribution >= 4 is 29.9 Å². The average Bonchev–Trinajstić information content (AvgIpc) is 2.52. The van der Waals surface area contributed by atoms with Gasteiger partial charge in [-0.2, -0.15) is 0 Å². The molecule has 0 aromatic heterocycles. The number of hydrogen-bond acceptors (Lipinski definition) is 3. The van der Waals surface area contributed by atoms with Gasteiger partial charge in [0, 0.05) is 26.1 Å². The summed E-state index contributed by atoms with van der Waals surface area (Å²) >= 11 is 0. The number of methoxy groups -OCH3 is 1. The monoisotopic (exact) mass is 419 g/mol. The third kappa shape index (κ3) is 8.76. The van der Waals surface area contributed by atoms with Crippen LogP contribution < -0.4 is 20.1 Å². The van der Waals surface area contributed by atoms with Gasteiger partial charge in [0.2, 0.25) is 0 Å². The van der Waals surface area contributed by atoms with Gasteiger partial charge in [-0.25, -0.2) is 0 Å². The molecule has 1 rings (SSSR count). The number of ether oxygens (including phenoxy) is 2. The molecule has 124 valence electrons. The van der Waals surface area contributed by atoms with Crippen molar-refractivity contribution in [3.05, 3.63) is 36.9 Å². The highest BCUT2D eigenvalue weighted by atomic mass is 127. The molecule has 1 aromatic rings. The summed E-state index contributed by atoms with van der Waals surface area (Å²) in [4.78, 5) is 4.46. The van der Waals surface area contributed by atoms with Crippen LogP contribution in [0, 0.1) is 0 Å². The van der Waals surface area contributed by atoms with E-state index in [1.54, 1.807) is 13.2 Å². The fourth-order valence-electron chi connectivity index (χ4n) is 1.63. The first-order valence-electron chi connectivity index (χ1n) is 7.20. The number of halogens is 1. The van der Waals surface area contributed by atoms with E-state index in [1.807, 2.05) is 31.2 Å². The van der Waals surface area contributed by atoms with Crippen LogP contribution >= 0.6 is 24.0 Å². The molecule has 0 aliphatic rings. The first-order valence-corrected chi connectivity index (χ1v) is 7.20. The normalized spacial score (nSPS) is 10.4. The number of nitrogens with one attached hydrogen (secondary N) is 2. The summed E-state index contributed by atoms with van der Waals surface area (Å²) in [5.41, 5.74) is 0. The summed E-state index contributed by atoms with van der Waals surface area (Å²) in [5.74, 6) is 2.48. The highest BCUT2D eigenvalue weighted by Crippen LogP contribution is 2.16. The number of nitrogens with zero attached hydrogens (tertiary/aromatic N) is 1. The van der Waals surface area contributed by atoms with Gasteiger partial charge < -0.3 is 20.1 Å². The lowest BCUT2D eigenvalue weighted by Gasteiger charge is -2.09. The van der Waals surface area contributed by atoms with Crippen LogP contribution in [0.5, 0.6) is 11.5 Å². The van der Waals surface area contributed by atoms with Crippen LogP contribution in [0.3, 0.4) is 0 Å². The fourth-order valence-corrected chi connectivity index (χ4v) is 1.63. The summed E-state index contributed by atoms with van der Waals surface area (Å²) in [7, 11) is 1.65. The third-order valence-electron chi connectivity index (χ3n) is 2.66. The molecule has 0 aliphatic heterocycles. The Morgan fingerprint density at radius 3 is 2.50 bits per heavy atom. The van der Waals surface area contributed by atoms with E-state index in [0.717, 1.165) is 30.4 Å². The molecule has 2 N–H and O–H groups in total. The topological polar surface area (TPSA) is 54.9 Å². The molecule has 0 saturated heterocycles. The molecule has 0 radical (unpaired) electrons. The standard InChI is InChI=1S/C16H25N3O2.HI/c1-4-11-18-16(17-5-2)19-12-6-13-21-15-9-7-14(20-3)8-10-15;/h4,7-10H,1,5-6,11-13H2,2-3H3,(H2,17,18,19);1H. The second kappa shape index (κ2) is 13.2. The first kappa shape index (κ1) is 20.6. The van der Waals surface area contributed by atoms with Crippen molar-refractivity contribution in [1.29, 1.82) is 0 Å². The maximum atomic E-state index is 5.65. The number of hydrogen-bond donors (Lipinski definition) is 2. The molecular formula is C16H26IN3O2. The maximum Gasteiger partial charge on any atom is 0.191 e. The Balaban J connectivity index is 0.00000441. The van der Waals surface area contributed by atoms with Gasteiger partial charge >= 0.3 is 0 Å². The third-order valence-corrected chi connectivity index (χ3v) is 2.66. The first-order chi connectivity index (χ1) is 10.3. The number of aliphatic imine (C=N–C) groups is 1. The van der Waals surface area contributed by atoms with Crippen LogP contribution in [-0.2, 0) is 0 Å². The fraction of sp³-hybridized carbons (Fsp3) is 0.438. The maximum absolute atomic E-state index is 5.65. The number of benzene rings is 1. The van der Waals surface area contributed by atoms with E-state index >= 15 is 0 Å². The average molecular weight is 419 g/mol. The Bertz CT molecular complexity index is 436. The summed E-state index contributed by atoms with van der Waals surface area (Å²) in [6.07, 6.45) is 2.66. The van der Waals surface area contributed by atoms with Crippen LogP contribution in [0.4, 0.5) is 0 Å². The van der Waals surface area contributed by atoms with E-state index in [4.69, 9.17) is 9.47 Å². The largest absolute Gasteiger partial charge is 0.497 e. The highest BCUT2D eigenvalue weighted by molar-refractivity contribution is 14.0. The quantitative estimate of drug-likeness (QED) is 0.213. The van der Waals surface area contributed by atoms with Crippen molar-refractivity contribution in [2.45, 2.75) is 13.3 Å². The summed E-state index contributed by atoms with van der Waals surface area (Å²) < 4.78 is 10.7. The molecule has 0 fully saturated rings. The van der Waals surface area contributed by atoms with Crippen molar-refractivity contribution in [2.75, 3.05) is 33.4 Å². The minimum absolute atomic E-state index is 0. The molecule has 22 heavy (non-hydrogen) atoms. The SMILES string of the molecule is C=CCNC(=NCCCOc1ccc(OC)cc1)NCC.I. The Kier molecular flexibility index (Phi) is 12.4. The van der Waals surface area contributed by atoms with Crippen molar-refractivity contribution in [1.82, 2.24) is 10.6 Å². The Morgan fingerprint density at radius 2 is 1.91 bits per heavy atom. The summed E-state index contributed by atoms with van der Waals surface area (Å²) in [6.45, 7) is 8.60. The van der Waals surface area contributed by atoms with Gasteiger partial charge in [-0.3, -0.25) is 4.99 Å². The second-order valence-electron chi connectivity index (χ2n) is 4.31. The van der Waals surface area contributed by atoms with Gasteiger partial charge in [0.25, 0.3) is 0 Å². The van der Waals surface area contributed by atoms with Crippen molar-refractivity contribution in [3.63, 3.8) is 0 Å². The molecular weight excluding hydrogens is 393 g/mol. The molecule has 0 saturated carbocycles. The Morgan fingerprint density at radius 1 is 1.23 bits per heavy atom. The van der Waals surface area contributed by atoms with E-state index in [0.29, 0.717) is 19.7 Å². The van der Waals surface area contributed by atoms with Crippen molar-refractivity contribution < 1.29 is 9.47 Å². The van der Waals surface area contributed by atoms with Crippen LogP contribution in [0.1, 0.15) is 13.3 Å². The van der Waals surface area contributed by atoms with Crippen molar-refractivity contribution in [2.24, 2.45) is 4.99 Å². The van der Waals surface area contributed by atoms with Crippen LogP contribution in [0.25, 0.3) is 0 Å². The minimum atomic E-state index is 0. The minimum Gasteiger partial charge on any atom is -0.497 e. The van der Waals surface area contributed by atoms with Gasteiger partial charge in [0.05, 0.1) is 13.7 Å². The van der Waals surface area contributed by atoms with E-state index in [1.165, 1.54) is 0 Å². The molecule has 0 atom stereocenters. The van der Waals surface area contributed by atoms with E-state index < -0.39 is 0 Å². The summed E-state index contributed by atoms with van der Waals surface area (Å²) in [5, 5.41) is 6.33. The highest BCUT2D eigenvalue weighted by Gasteiger charge is 1.96. The van der Waals surface area contributed by atoms with Gasteiger partial charge in [-0.1, -0.05) is 6.08 Å². The smallest absolute Gasteiger partial charge is 0.191 e. The van der Waals surface area contributed by atoms with Gasteiger partial charge in [-0.15, -0.1) is 30.6 Å². The van der Waals surface area contributed by atoms with E-state index in [2.05, 4.69) is 22.2 Å². The molecule has 1 aromatic carbocycles. The summed E-state index contributed by atoms with van der Waals surface area (Å²) in [6, 6.07) is 7.57. The molecule has 6 heteroatoms. The van der Waals surface area contributed by atoms with Gasteiger partial charge in [0.15, 0.2) is 5.96 Å². The lowest BCUT2D eigenvalue weighted by atomic mass is 10.3. The van der Waals surface area contributed by atoms with E-state index in [-0.39, 0.29) is 24.0 Å². The molecule has 5 nitrogen and oxygen atoms in total. The lowest BCUT2D eigenvalue weighted by Crippen LogP contribution is -2.37. The molecule has 0 unspecified atom stereocenters. The Labute approximate surface area is 150 Å². The zero-order valence-electron chi connectivity index (χ0n) is 13.3. The van der Waals surface area contributed by atoms with Crippen LogP contribution in [0.2, 0.25) is 0 Å². The predicted molar refractivity (Wildman–Crippen MR) is 103 cm³/mol. The number of guanidine groups is 1. The molecule has 0 bridgehead atoms. The van der Waals surface area contributed by atoms with Gasteiger partial charge in [-0.05, 0) is 31.2 Å².